The average molecular weight is 369 g/mol. The monoisotopic (exact) mass is 368 g/mol. The Morgan fingerprint density at radius 3 is 2.00 bits per heavy atom. The minimum absolute atomic E-state index is 1.03. The van der Waals surface area contributed by atoms with Gasteiger partial charge in [0.15, 0.2) is 0 Å². The van der Waals surface area contributed by atoms with Gasteiger partial charge < -0.3 is 4.90 Å². The van der Waals surface area contributed by atoms with Crippen molar-refractivity contribution in [3.8, 4) is 10.6 Å². The number of benzene rings is 2. The minimum Gasteiger partial charge on any atom is -0.305 e. The standard InChI is InChI=1S/C11H17N.C10H9NS.C2H6/c1-9-5-6-11(8-12(3)4)10(2)7-9;1-8-2-4-9(5-3-8)10-11-6-7-12-10;1-2/h5-7H,8H2,1-4H3;2-7H,1H3;1-2H3. The third kappa shape index (κ3) is 7.51. The molecule has 0 saturated heterocycles. The summed E-state index contributed by atoms with van der Waals surface area (Å²) in [5.74, 6) is 0. The first-order valence-electron chi connectivity index (χ1n) is 9.13. The molecule has 3 heteroatoms. The zero-order chi connectivity index (χ0) is 19.5. The lowest BCUT2D eigenvalue weighted by molar-refractivity contribution is 0.401. The number of aromatic nitrogens is 1. The third-order valence-electron chi connectivity index (χ3n) is 3.72. The van der Waals surface area contributed by atoms with Crippen molar-refractivity contribution in [2.45, 2.75) is 41.2 Å². The van der Waals surface area contributed by atoms with Gasteiger partial charge in [0.25, 0.3) is 0 Å². The SMILES string of the molecule is CC.Cc1ccc(-c2nccs2)cc1.Cc1ccc(CN(C)C)c(C)c1. The molecule has 0 radical (unpaired) electrons. The fourth-order valence-electron chi connectivity index (χ4n) is 2.43. The molecule has 0 spiro atoms. The molecule has 0 aliphatic rings. The molecule has 3 rings (SSSR count). The zero-order valence-electron chi connectivity index (χ0n) is 17.2. The molecule has 1 heterocycles. The van der Waals surface area contributed by atoms with Crippen molar-refractivity contribution in [3.05, 3.63) is 76.3 Å². The molecule has 140 valence electrons. The first-order valence-corrected chi connectivity index (χ1v) is 10.0. The molecule has 26 heavy (non-hydrogen) atoms. The first kappa shape index (κ1) is 22.1. The molecule has 0 unspecified atom stereocenters. The van der Waals surface area contributed by atoms with Crippen molar-refractivity contribution in [1.29, 1.82) is 0 Å². The molecular weight excluding hydrogens is 336 g/mol. The van der Waals surface area contributed by atoms with Crippen LogP contribution in [0, 0.1) is 20.8 Å². The van der Waals surface area contributed by atoms with Gasteiger partial charge in [0.05, 0.1) is 0 Å². The quantitative estimate of drug-likeness (QED) is 0.524. The van der Waals surface area contributed by atoms with Gasteiger partial charge in [-0.15, -0.1) is 11.3 Å². The first-order chi connectivity index (χ1) is 12.5. The number of hydrogen-bond acceptors (Lipinski definition) is 3. The number of thiazole rings is 1. The van der Waals surface area contributed by atoms with E-state index in [1.165, 1.54) is 27.8 Å². The van der Waals surface area contributed by atoms with Crippen LogP contribution in [0.2, 0.25) is 0 Å². The van der Waals surface area contributed by atoms with Crippen molar-refractivity contribution >= 4 is 11.3 Å². The molecule has 1 aromatic heterocycles. The predicted octanol–water partition coefficient (Wildman–Crippen LogP) is 6.51. The van der Waals surface area contributed by atoms with E-state index in [1.54, 1.807) is 11.3 Å². The zero-order valence-corrected chi connectivity index (χ0v) is 18.0. The van der Waals surface area contributed by atoms with Crippen LogP contribution in [0.25, 0.3) is 10.6 Å². The molecule has 0 aliphatic heterocycles. The van der Waals surface area contributed by atoms with Gasteiger partial charge in [-0.2, -0.15) is 0 Å². The maximum atomic E-state index is 4.23. The van der Waals surface area contributed by atoms with Gasteiger partial charge in [-0.3, -0.25) is 0 Å². The summed E-state index contributed by atoms with van der Waals surface area (Å²) in [6, 6.07) is 15.0. The molecule has 0 aliphatic carbocycles. The summed E-state index contributed by atoms with van der Waals surface area (Å²) in [6.45, 7) is 11.4. The summed E-state index contributed by atoms with van der Waals surface area (Å²) < 4.78 is 0. The fraction of sp³-hybridized carbons (Fsp3) is 0.348. The second-order valence-corrected chi connectivity index (χ2v) is 7.27. The van der Waals surface area contributed by atoms with E-state index < -0.39 is 0 Å². The van der Waals surface area contributed by atoms with Crippen LogP contribution in [-0.2, 0) is 6.54 Å². The minimum atomic E-state index is 1.03. The van der Waals surface area contributed by atoms with Gasteiger partial charge >= 0.3 is 0 Å². The van der Waals surface area contributed by atoms with E-state index in [4.69, 9.17) is 0 Å². The Labute approximate surface area is 163 Å². The molecule has 0 amide bonds. The Morgan fingerprint density at radius 2 is 1.50 bits per heavy atom. The summed E-state index contributed by atoms with van der Waals surface area (Å²) in [6.07, 6.45) is 1.83. The molecule has 0 atom stereocenters. The predicted molar refractivity (Wildman–Crippen MR) is 117 cm³/mol. The van der Waals surface area contributed by atoms with Crippen molar-refractivity contribution in [3.63, 3.8) is 0 Å². The number of rotatable bonds is 3. The highest BCUT2D eigenvalue weighted by Crippen LogP contribution is 2.21. The van der Waals surface area contributed by atoms with Crippen LogP contribution in [-0.4, -0.2) is 24.0 Å². The summed E-state index contributed by atoms with van der Waals surface area (Å²) in [7, 11) is 4.19. The van der Waals surface area contributed by atoms with Gasteiger partial charge in [0.1, 0.15) is 5.01 Å². The van der Waals surface area contributed by atoms with E-state index in [-0.39, 0.29) is 0 Å². The highest BCUT2D eigenvalue weighted by atomic mass is 32.1. The summed E-state index contributed by atoms with van der Waals surface area (Å²) in [5.41, 5.74) is 6.65. The Kier molecular flexibility index (Phi) is 9.85. The number of hydrogen-bond donors (Lipinski definition) is 0. The van der Waals surface area contributed by atoms with Crippen molar-refractivity contribution in [1.82, 2.24) is 9.88 Å². The molecular formula is C23H32N2S. The smallest absolute Gasteiger partial charge is 0.123 e. The van der Waals surface area contributed by atoms with Crippen LogP contribution in [0.4, 0.5) is 0 Å². The van der Waals surface area contributed by atoms with Crippen LogP contribution in [0.3, 0.4) is 0 Å². The van der Waals surface area contributed by atoms with E-state index >= 15 is 0 Å². The molecule has 2 nitrogen and oxygen atoms in total. The van der Waals surface area contributed by atoms with Crippen LogP contribution in [0.5, 0.6) is 0 Å². The number of nitrogens with zero attached hydrogens (tertiary/aromatic N) is 2. The molecule has 0 N–H and O–H groups in total. The normalized spacial score (nSPS) is 9.85. The molecule has 0 fully saturated rings. The number of aryl methyl sites for hydroxylation is 3. The van der Waals surface area contributed by atoms with E-state index in [0.29, 0.717) is 0 Å². The Morgan fingerprint density at radius 1 is 0.885 bits per heavy atom. The Balaban J connectivity index is 0.000000238. The fourth-order valence-corrected chi connectivity index (χ4v) is 3.07. The highest BCUT2D eigenvalue weighted by molar-refractivity contribution is 7.13. The van der Waals surface area contributed by atoms with E-state index in [0.717, 1.165) is 11.6 Å². The lowest BCUT2D eigenvalue weighted by Crippen LogP contribution is -2.11. The summed E-state index contributed by atoms with van der Waals surface area (Å²) in [5, 5.41) is 3.09. The molecule has 3 aromatic rings. The van der Waals surface area contributed by atoms with Crippen LogP contribution >= 0.6 is 11.3 Å². The second-order valence-electron chi connectivity index (χ2n) is 6.37. The molecule has 0 saturated carbocycles. The Hall–Kier alpha value is -1.97. The van der Waals surface area contributed by atoms with Gasteiger partial charge in [-0.05, 0) is 46.0 Å². The van der Waals surface area contributed by atoms with Crippen molar-refractivity contribution < 1.29 is 0 Å². The van der Waals surface area contributed by atoms with Gasteiger partial charge in [0.2, 0.25) is 0 Å². The van der Waals surface area contributed by atoms with Gasteiger partial charge in [-0.1, -0.05) is 67.4 Å². The second kappa shape index (κ2) is 11.6. The molecule has 0 bridgehead atoms. The largest absolute Gasteiger partial charge is 0.305 e. The van der Waals surface area contributed by atoms with Crippen molar-refractivity contribution in [2.75, 3.05) is 14.1 Å². The lowest BCUT2D eigenvalue weighted by atomic mass is 10.1. The van der Waals surface area contributed by atoms with Crippen LogP contribution in [0.1, 0.15) is 36.1 Å². The Bertz CT molecular complexity index is 744. The topological polar surface area (TPSA) is 16.1 Å². The van der Waals surface area contributed by atoms with Crippen LogP contribution < -0.4 is 0 Å². The summed E-state index contributed by atoms with van der Waals surface area (Å²) in [4.78, 5) is 6.43. The molecule has 2 aromatic carbocycles. The van der Waals surface area contributed by atoms with E-state index in [2.05, 4.69) is 87.2 Å². The summed E-state index contributed by atoms with van der Waals surface area (Å²) >= 11 is 1.67. The van der Waals surface area contributed by atoms with Crippen molar-refractivity contribution in [2.24, 2.45) is 0 Å². The maximum Gasteiger partial charge on any atom is 0.123 e. The average Bonchev–Trinajstić information content (AvgIpc) is 3.15. The lowest BCUT2D eigenvalue weighted by Gasteiger charge is -2.12. The van der Waals surface area contributed by atoms with E-state index in [9.17, 15) is 0 Å². The third-order valence-corrected chi connectivity index (χ3v) is 4.54. The van der Waals surface area contributed by atoms with Gasteiger partial charge in [-0.25, -0.2) is 4.98 Å². The highest BCUT2D eigenvalue weighted by Gasteiger charge is 1.99. The van der Waals surface area contributed by atoms with Gasteiger partial charge in [0, 0.05) is 23.7 Å². The van der Waals surface area contributed by atoms with Crippen LogP contribution in [0.15, 0.2) is 54.0 Å². The maximum absolute atomic E-state index is 4.23. The van der Waals surface area contributed by atoms with E-state index in [1.807, 2.05) is 25.4 Å².